The van der Waals surface area contributed by atoms with Gasteiger partial charge < -0.3 is 16.4 Å². The number of hydrogen-bond donors (Lipinski definition) is 3. The van der Waals surface area contributed by atoms with Gasteiger partial charge in [-0.05, 0) is 31.7 Å². The van der Waals surface area contributed by atoms with Gasteiger partial charge in [0.2, 0.25) is 11.8 Å². The van der Waals surface area contributed by atoms with Gasteiger partial charge in [-0.15, -0.1) is 0 Å². The second-order valence-electron chi connectivity index (χ2n) is 5.08. The van der Waals surface area contributed by atoms with Gasteiger partial charge in [0.15, 0.2) is 0 Å². The SMILES string of the molecule is CC(=O)NCCNC(=O)C1CCCC(CCN)C1. The zero-order chi connectivity index (χ0) is 13.4. The number of hydrogen-bond acceptors (Lipinski definition) is 3. The van der Waals surface area contributed by atoms with E-state index in [1.807, 2.05) is 0 Å². The van der Waals surface area contributed by atoms with Crippen LogP contribution < -0.4 is 16.4 Å². The standard InChI is InChI=1S/C13H25N3O2/c1-10(17)15-7-8-16-13(18)12-4-2-3-11(9-12)5-6-14/h11-12H,2-9,14H2,1H3,(H,15,17)(H,16,18). The summed E-state index contributed by atoms with van der Waals surface area (Å²) in [6.45, 7) is 3.19. The van der Waals surface area contributed by atoms with E-state index in [2.05, 4.69) is 10.6 Å². The van der Waals surface area contributed by atoms with E-state index in [0.29, 0.717) is 25.6 Å². The Hall–Kier alpha value is -1.10. The van der Waals surface area contributed by atoms with E-state index in [-0.39, 0.29) is 17.7 Å². The molecule has 2 atom stereocenters. The average molecular weight is 255 g/mol. The molecule has 4 N–H and O–H groups in total. The molecule has 0 aromatic heterocycles. The van der Waals surface area contributed by atoms with Crippen LogP contribution in [0.5, 0.6) is 0 Å². The third-order valence-electron chi connectivity index (χ3n) is 3.53. The molecule has 2 unspecified atom stereocenters. The van der Waals surface area contributed by atoms with Crippen molar-refractivity contribution >= 4 is 11.8 Å². The van der Waals surface area contributed by atoms with Crippen molar-refractivity contribution in [1.82, 2.24) is 10.6 Å². The molecule has 2 amide bonds. The first kappa shape index (κ1) is 15.0. The van der Waals surface area contributed by atoms with Crippen LogP contribution in [0.3, 0.4) is 0 Å². The zero-order valence-electron chi connectivity index (χ0n) is 11.2. The Labute approximate surface area is 109 Å². The number of nitrogens with two attached hydrogens (primary N) is 1. The largest absolute Gasteiger partial charge is 0.355 e. The van der Waals surface area contributed by atoms with Gasteiger partial charge in [0.25, 0.3) is 0 Å². The fourth-order valence-electron chi connectivity index (χ4n) is 2.60. The van der Waals surface area contributed by atoms with Crippen LogP contribution in [0, 0.1) is 11.8 Å². The molecule has 0 radical (unpaired) electrons. The summed E-state index contributed by atoms with van der Waals surface area (Å²) in [5, 5.41) is 5.55. The average Bonchev–Trinajstić information content (AvgIpc) is 2.35. The molecule has 1 fully saturated rings. The molecule has 1 aliphatic carbocycles. The monoisotopic (exact) mass is 255 g/mol. The van der Waals surface area contributed by atoms with Gasteiger partial charge in [0, 0.05) is 25.9 Å². The fraction of sp³-hybridized carbons (Fsp3) is 0.846. The summed E-state index contributed by atoms with van der Waals surface area (Å²) in [6, 6.07) is 0. The van der Waals surface area contributed by atoms with Crippen LogP contribution in [0.15, 0.2) is 0 Å². The molecule has 1 aliphatic rings. The minimum atomic E-state index is -0.0649. The van der Waals surface area contributed by atoms with Crippen molar-refractivity contribution in [2.24, 2.45) is 17.6 Å². The number of nitrogens with one attached hydrogen (secondary N) is 2. The molecule has 18 heavy (non-hydrogen) atoms. The van der Waals surface area contributed by atoms with Crippen LogP contribution in [-0.4, -0.2) is 31.4 Å². The predicted octanol–water partition coefficient (Wildman–Crippen LogP) is 0.394. The van der Waals surface area contributed by atoms with Crippen LogP contribution in [-0.2, 0) is 9.59 Å². The molecule has 104 valence electrons. The van der Waals surface area contributed by atoms with E-state index in [1.54, 1.807) is 0 Å². The van der Waals surface area contributed by atoms with E-state index in [0.717, 1.165) is 25.7 Å². The lowest BCUT2D eigenvalue weighted by molar-refractivity contribution is -0.126. The van der Waals surface area contributed by atoms with Crippen molar-refractivity contribution in [3.63, 3.8) is 0 Å². The first-order chi connectivity index (χ1) is 8.63. The van der Waals surface area contributed by atoms with E-state index >= 15 is 0 Å². The molecule has 0 aliphatic heterocycles. The Morgan fingerprint density at radius 1 is 1.22 bits per heavy atom. The van der Waals surface area contributed by atoms with Crippen molar-refractivity contribution in [3.05, 3.63) is 0 Å². The Morgan fingerprint density at radius 2 is 1.94 bits per heavy atom. The molecule has 0 aromatic carbocycles. The fourth-order valence-corrected chi connectivity index (χ4v) is 2.60. The summed E-state index contributed by atoms with van der Waals surface area (Å²) >= 11 is 0. The van der Waals surface area contributed by atoms with Crippen LogP contribution in [0.4, 0.5) is 0 Å². The van der Waals surface area contributed by atoms with E-state index in [1.165, 1.54) is 13.3 Å². The molecule has 0 heterocycles. The van der Waals surface area contributed by atoms with E-state index < -0.39 is 0 Å². The molecular weight excluding hydrogens is 230 g/mol. The van der Waals surface area contributed by atoms with E-state index in [4.69, 9.17) is 5.73 Å². The minimum Gasteiger partial charge on any atom is -0.355 e. The first-order valence-corrected chi connectivity index (χ1v) is 6.85. The first-order valence-electron chi connectivity index (χ1n) is 6.85. The highest BCUT2D eigenvalue weighted by molar-refractivity contribution is 5.78. The Kier molecular flexibility index (Phi) is 6.72. The summed E-state index contributed by atoms with van der Waals surface area (Å²) in [5.74, 6) is 0.800. The third kappa shape index (κ3) is 5.49. The second-order valence-corrected chi connectivity index (χ2v) is 5.08. The molecule has 5 nitrogen and oxygen atoms in total. The highest BCUT2D eigenvalue weighted by Gasteiger charge is 2.26. The predicted molar refractivity (Wildman–Crippen MR) is 70.8 cm³/mol. The second kappa shape index (κ2) is 8.08. The van der Waals surface area contributed by atoms with Crippen molar-refractivity contribution < 1.29 is 9.59 Å². The summed E-state index contributed by atoms with van der Waals surface area (Å²) < 4.78 is 0. The highest BCUT2D eigenvalue weighted by Crippen LogP contribution is 2.30. The number of carbonyl (C=O) groups is 2. The molecule has 1 rings (SSSR count). The Bertz CT molecular complexity index is 279. The quantitative estimate of drug-likeness (QED) is 0.600. The molecule has 5 heteroatoms. The molecule has 0 saturated heterocycles. The van der Waals surface area contributed by atoms with Crippen LogP contribution >= 0.6 is 0 Å². The van der Waals surface area contributed by atoms with Crippen molar-refractivity contribution in [2.45, 2.75) is 39.0 Å². The van der Waals surface area contributed by atoms with Gasteiger partial charge in [-0.3, -0.25) is 9.59 Å². The van der Waals surface area contributed by atoms with Crippen LogP contribution in [0.1, 0.15) is 39.0 Å². The van der Waals surface area contributed by atoms with Crippen LogP contribution in [0.25, 0.3) is 0 Å². The summed E-state index contributed by atoms with van der Waals surface area (Å²) in [5.41, 5.74) is 5.57. The van der Waals surface area contributed by atoms with Gasteiger partial charge >= 0.3 is 0 Å². The maximum Gasteiger partial charge on any atom is 0.223 e. The lowest BCUT2D eigenvalue weighted by Gasteiger charge is -2.28. The topological polar surface area (TPSA) is 84.2 Å². The maximum absolute atomic E-state index is 11.9. The third-order valence-corrected chi connectivity index (χ3v) is 3.53. The summed E-state index contributed by atoms with van der Waals surface area (Å²) in [6.07, 6.45) is 5.28. The molecular formula is C13H25N3O2. The number of carbonyl (C=O) groups excluding carboxylic acids is 2. The molecule has 0 bridgehead atoms. The molecule has 1 saturated carbocycles. The zero-order valence-corrected chi connectivity index (χ0v) is 11.2. The number of rotatable bonds is 6. The lowest BCUT2D eigenvalue weighted by atomic mass is 9.79. The Morgan fingerprint density at radius 3 is 2.61 bits per heavy atom. The lowest BCUT2D eigenvalue weighted by Crippen LogP contribution is -2.38. The van der Waals surface area contributed by atoms with Gasteiger partial charge in [-0.25, -0.2) is 0 Å². The van der Waals surface area contributed by atoms with Gasteiger partial charge in [0.1, 0.15) is 0 Å². The summed E-state index contributed by atoms with van der Waals surface area (Å²) in [4.78, 5) is 22.6. The molecule has 0 spiro atoms. The maximum atomic E-state index is 11.9. The van der Waals surface area contributed by atoms with E-state index in [9.17, 15) is 9.59 Å². The van der Waals surface area contributed by atoms with Gasteiger partial charge in [0.05, 0.1) is 0 Å². The van der Waals surface area contributed by atoms with Crippen molar-refractivity contribution in [2.75, 3.05) is 19.6 Å². The van der Waals surface area contributed by atoms with Gasteiger partial charge in [-0.2, -0.15) is 0 Å². The van der Waals surface area contributed by atoms with Crippen molar-refractivity contribution in [1.29, 1.82) is 0 Å². The normalized spacial score (nSPS) is 23.4. The summed E-state index contributed by atoms with van der Waals surface area (Å²) in [7, 11) is 0. The molecule has 0 aromatic rings. The van der Waals surface area contributed by atoms with Crippen LogP contribution in [0.2, 0.25) is 0 Å². The number of amides is 2. The highest BCUT2D eigenvalue weighted by atomic mass is 16.2. The Balaban J connectivity index is 2.21. The minimum absolute atomic E-state index is 0.0649. The smallest absolute Gasteiger partial charge is 0.223 e. The van der Waals surface area contributed by atoms with Gasteiger partial charge in [-0.1, -0.05) is 12.8 Å². The van der Waals surface area contributed by atoms with Crippen molar-refractivity contribution in [3.8, 4) is 0 Å².